The minimum Gasteiger partial charge on any atom is -0.497 e. The van der Waals surface area contributed by atoms with E-state index in [0.717, 1.165) is 5.56 Å². The third-order valence-electron chi connectivity index (χ3n) is 4.32. The molecule has 0 bridgehead atoms. The molecule has 2 aromatic rings. The average molecular weight is 428 g/mol. The molecule has 0 heterocycles. The first-order chi connectivity index (χ1) is 14.7. The number of ether oxygens (including phenoxy) is 1. The van der Waals surface area contributed by atoms with Crippen LogP contribution in [0, 0.1) is 12.8 Å². The predicted molar refractivity (Wildman–Crippen MR) is 122 cm³/mol. The molecule has 4 N–H and O–H groups in total. The van der Waals surface area contributed by atoms with Crippen molar-refractivity contribution < 1.29 is 24.4 Å². The fourth-order valence-corrected chi connectivity index (χ4v) is 2.76. The van der Waals surface area contributed by atoms with Gasteiger partial charge >= 0.3 is 7.12 Å². The highest BCUT2D eigenvalue weighted by Crippen LogP contribution is 2.12. The summed E-state index contributed by atoms with van der Waals surface area (Å²) in [5.74, 6) is -0.671. The van der Waals surface area contributed by atoms with Gasteiger partial charge in [0, 0.05) is 0 Å². The van der Waals surface area contributed by atoms with E-state index >= 15 is 0 Å². The van der Waals surface area contributed by atoms with Crippen molar-refractivity contribution in [3.8, 4) is 5.75 Å². The first-order valence-corrected chi connectivity index (χ1v) is 10.3. The van der Waals surface area contributed by atoms with E-state index in [1.807, 2.05) is 32.0 Å². The highest BCUT2D eigenvalue weighted by atomic mass is 16.5. The maximum atomic E-state index is 11.9. The van der Waals surface area contributed by atoms with Crippen LogP contribution in [-0.4, -0.2) is 48.6 Å². The van der Waals surface area contributed by atoms with Crippen LogP contribution in [0.5, 0.6) is 5.75 Å². The Balaban J connectivity index is 0.000000577. The van der Waals surface area contributed by atoms with Crippen LogP contribution in [0.25, 0.3) is 0 Å². The smallest absolute Gasteiger partial charge is 0.475 e. The molecule has 31 heavy (non-hydrogen) atoms. The number of carbonyl (C=O) groups excluding carboxylic acids is 2. The molecule has 168 valence electrons. The number of rotatable bonds is 9. The van der Waals surface area contributed by atoms with Gasteiger partial charge in [-0.25, -0.2) is 0 Å². The zero-order chi connectivity index (χ0) is 23.2. The lowest BCUT2D eigenvalue weighted by molar-refractivity contribution is -0.126. The van der Waals surface area contributed by atoms with Crippen molar-refractivity contribution in [3.63, 3.8) is 0 Å². The van der Waals surface area contributed by atoms with E-state index in [-0.39, 0.29) is 24.8 Å². The van der Waals surface area contributed by atoms with E-state index in [9.17, 15) is 19.6 Å². The Morgan fingerprint density at radius 1 is 1.03 bits per heavy atom. The second-order valence-corrected chi connectivity index (χ2v) is 7.68. The standard InChI is InChI=1S/C16H25BN2O5.C7H8/c1-11(2)7-14(17(22)23)19-16(21)10-18-15(20)9-12-5-4-6-13(8-12)24-3;1-7-5-3-2-4-6-7/h4-6,8,11,14,22-23H,7,9-10H2,1-3H3,(H,18,20)(H,19,21);2-6H,1H3/t14-;/m0./s1. The van der Waals surface area contributed by atoms with E-state index in [1.54, 1.807) is 31.4 Å². The Morgan fingerprint density at radius 2 is 1.71 bits per heavy atom. The molecule has 7 nitrogen and oxygen atoms in total. The lowest BCUT2D eigenvalue weighted by Gasteiger charge is -2.19. The van der Waals surface area contributed by atoms with Gasteiger partial charge in [0.1, 0.15) is 5.75 Å². The summed E-state index contributed by atoms with van der Waals surface area (Å²) in [6.07, 6.45) is 0.559. The van der Waals surface area contributed by atoms with Gasteiger partial charge < -0.3 is 25.4 Å². The zero-order valence-corrected chi connectivity index (χ0v) is 18.7. The first kappa shape index (κ1) is 26.2. The molecule has 0 saturated heterocycles. The Labute approximate surface area is 185 Å². The molecule has 2 aromatic carbocycles. The highest BCUT2D eigenvalue weighted by molar-refractivity contribution is 6.43. The van der Waals surface area contributed by atoms with Crippen molar-refractivity contribution >= 4 is 18.9 Å². The fourth-order valence-electron chi connectivity index (χ4n) is 2.76. The Morgan fingerprint density at radius 3 is 2.23 bits per heavy atom. The van der Waals surface area contributed by atoms with Crippen LogP contribution in [0.2, 0.25) is 0 Å². The van der Waals surface area contributed by atoms with Crippen LogP contribution in [0.3, 0.4) is 0 Å². The first-order valence-electron chi connectivity index (χ1n) is 10.3. The van der Waals surface area contributed by atoms with Gasteiger partial charge in [0.15, 0.2) is 0 Å². The van der Waals surface area contributed by atoms with Crippen molar-refractivity contribution in [2.75, 3.05) is 13.7 Å². The van der Waals surface area contributed by atoms with Gasteiger partial charge in [-0.1, -0.05) is 61.9 Å². The molecule has 0 aliphatic rings. The second-order valence-electron chi connectivity index (χ2n) is 7.68. The summed E-state index contributed by atoms with van der Waals surface area (Å²) in [6, 6.07) is 17.4. The van der Waals surface area contributed by atoms with Crippen molar-refractivity contribution in [2.45, 2.75) is 39.6 Å². The van der Waals surface area contributed by atoms with Crippen molar-refractivity contribution in [1.29, 1.82) is 0 Å². The predicted octanol–water partition coefficient (Wildman–Crippen LogP) is 1.89. The third-order valence-corrected chi connectivity index (χ3v) is 4.32. The number of amides is 2. The monoisotopic (exact) mass is 428 g/mol. The summed E-state index contributed by atoms with van der Waals surface area (Å²) in [4.78, 5) is 23.7. The summed E-state index contributed by atoms with van der Waals surface area (Å²) >= 11 is 0. The molecule has 0 saturated carbocycles. The molecule has 2 amide bonds. The van der Waals surface area contributed by atoms with E-state index in [1.165, 1.54) is 5.56 Å². The molecule has 0 spiro atoms. The largest absolute Gasteiger partial charge is 0.497 e. The van der Waals surface area contributed by atoms with Crippen LogP contribution in [0.15, 0.2) is 54.6 Å². The Kier molecular flexibility index (Phi) is 12.0. The number of carbonyl (C=O) groups is 2. The summed E-state index contributed by atoms with van der Waals surface area (Å²) < 4.78 is 5.09. The van der Waals surface area contributed by atoms with Gasteiger partial charge in [-0.05, 0) is 37.0 Å². The Bertz CT molecular complexity index is 800. The number of aryl methyl sites for hydroxylation is 1. The summed E-state index contributed by atoms with van der Waals surface area (Å²) in [5, 5.41) is 23.6. The molecule has 0 unspecified atom stereocenters. The molecule has 1 atom stereocenters. The molecule has 0 radical (unpaired) electrons. The highest BCUT2D eigenvalue weighted by Gasteiger charge is 2.26. The number of methoxy groups -OCH3 is 1. The fraction of sp³-hybridized carbons (Fsp3) is 0.391. The van der Waals surface area contributed by atoms with E-state index in [4.69, 9.17) is 4.74 Å². The van der Waals surface area contributed by atoms with Gasteiger partial charge in [0.25, 0.3) is 0 Å². The number of hydrogen-bond acceptors (Lipinski definition) is 5. The van der Waals surface area contributed by atoms with Crippen LogP contribution in [-0.2, 0) is 16.0 Å². The van der Waals surface area contributed by atoms with Gasteiger partial charge in [0.05, 0.1) is 26.0 Å². The molecular weight excluding hydrogens is 395 g/mol. The molecule has 0 aliphatic heterocycles. The number of hydrogen-bond donors (Lipinski definition) is 4. The number of benzene rings is 2. The summed E-state index contributed by atoms with van der Waals surface area (Å²) in [7, 11) is -0.0870. The summed E-state index contributed by atoms with van der Waals surface area (Å²) in [6.45, 7) is 5.69. The van der Waals surface area contributed by atoms with Crippen molar-refractivity contribution in [2.24, 2.45) is 5.92 Å². The van der Waals surface area contributed by atoms with E-state index in [0.29, 0.717) is 12.2 Å². The number of nitrogens with one attached hydrogen (secondary N) is 2. The SMILES string of the molecule is COc1cccc(CC(=O)NCC(=O)N[C@@H](CC(C)C)B(O)O)c1.Cc1ccccc1. The van der Waals surface area contributed by atoms with Crippen molar-refractivity contribution in [1.82, 2.24) is 10.6 Å². The summed E-state index contributed by atoms with van der Waals surface area (Å²) in [5.41, 5.74) is 2.10. The molecule has 8 heteroatoms. The second kappa shape index (κ2) is 14.2. The van der Waals surface area contributed by atoms with E-state index < -0.39 is 19.0 Å². The molecule has 0 aromatic heterocycles. The minimum atomic E-state index is -1.64. The lowest BCUT2D eigenvalue weighted by atomic mass is 9.75. The van der Waals surface area contributed by atoms with Crippen LogP contribution < -0.4 is 15.4 Å². The molecule has 0 fully saturated rings. The topological polar surface area (TPSA) is 108 Å². The molecular formula is C23H33BN2O5. The lowest BCUT2D eigenvalue weighted by Crippen LogP contribution is -2.50. The van der Waals surface area contributed by atoms with Gasteiger partial charge in [-0.15, -0.1) is 0 Å². The molecule has 2 rings (SSSR count). The Hall–Kier alpha value is -2.84. The quantitative estimate of drug-likeness (QED) is 0.457. The maximum Gasteiger partial charge on any atom is 0.475 e. The van der Waals surface area contributed by atoms with Gasteiger partial charge in [-0.3, -0.25) is 9.59 Å². The normalized spacial score (nSPS) is 11.1. The average Bonchev–Trinajstić information content (AvgIpc) is 2.72. The third kappa shape index (κ3) is 11.8. The zero-order valence-electron chi connectivity index (χ0n) is 18.7. The maximum absolute atomic E-state index is 11.9. The van der Waals surface area contributed by atoms with Crippen LogP contribution in [0.4, 0.5) is 0 Å². The van der Waals surface area contributed by atoms with Gasteiger partial charge in [0.2, 0.25) is 11.8 Å². The van der Waals surface area contributed by atoms with Crippen molar-refractivity contribution in [3.05, 3.63) is 65.7 Å². The van der Waals surface area contributed by atoms with Crippen LogP contribution in [0.1, 0.15) is 31.4 Å². The molecule has 0 aliphatic carbocycles. The minimum absolute atomic E-state index is 0.128. The van der Waals surface area contributed by atoms with E-state index in [2.05, 4.69) is 29.7 Å². The van der Waals surface area contributed by atoms with Crippen LogP contribution >= 0.6 is 0 Å². The van der Waals surface area contributed by atoms with Gasteiger partial charge in [-0.2, -0.15) is 0 Å².